The molecule has 0 saturated carbocycles. The highest BCUT2D eigenvalue weighted by Gasteiger charge is 2.30. The molecule has 1 heterocycles. The largest absolute Gasteiger partial charge is 0.493 e. The summed E-state index contributed by atoms with van der Waals surface area (Å²) in [5.74, 6) is 1.25. The first-order valence-corrected chi connectivity index (χ1v) is 11.6. The average Bonchev–Trinajstić information content (AvgIpc) is 2.76. The van der Waals surface area contributed by atoms with Gasteiger partial charge in [0.25, 0.3) is 0 Å². The molecule has 2 amide bonds. The maximum atomic E-state index is 13.0. The van der Waals surface area contributed by atoms with E-state index < -0.39 is 10.0 Å². The molecule has 168 valence electrons. The molecule has 1 aliphatic rings. The second-order valence-corrected chi connectivity index (χ2v) is 9.30. The van der Waals surface area contributed by atoms with Crippen LogP contribution < -0.4 is 14.8 Å². The minimum absolute atomic E-state index is 0.229. The van der Waals surface area contributed by atoms with Gasteiger partial charge in [0.15, 0.2) is 11.5 Å². The molecule has 9 heteroatoms. The number of hydrogen-bond acceptors (Lipinski definition) is 5. The molecule has 31 heavy (non-hydrogen) atoms. The highest BCUT2D eigenvalue weighted by molar-refractivity contribution is 7.89. The van der Waals surface area contributed by atoms with Gasteiger partial charge in [-0.25, -0.2) is 13.2 Å². The standard InChI is InChI=1S/C22H29N3O5S/c1-17-8-9-21(18(2)16-17)31(27,28)25-13-11-24(12-14-25)22(26)23-10-15-30-20-7-5-4-6-19(20)29-3/h4-9,16H,10-15H2,1-3H3,(H,23,26). The van der Waals surface area contributed by atoms with Crippen molar-refractivity contribution in [3.63, 3.8) is 0 Å². The summed E-state index contributed by atoms with van der Waals surface area (Å²) in [4.78, 5) is 14.4. The zero-order valence-corrected chi connectivity index (χ0v) is 18.9. The molecule has 0 radical (unpaired) electrons. The Bertz CT molecular complexity index is 1020. The number of rotatable bonds is 7. The lowest BCUT2D eigenvalue weighted by Crippen LogP contribution is -2.53. The number of piperazine rings is 1. The van der Waals surface area contributed by atoms with Gasteiger partial charge in [-0.15, -0.1) is 0 Å². The fourth-order valence-electron chi connectivity index (χ4n) is 3.53. The van der Waals surface area contributed by atoms with Gasteiger partial charge in [-0.05, 0) is 37.6 Å². The fraction of sp³-hybridized carbons (Fsp3) is 0.409. The van der Waals surface area contributed by atoms with E-state index in [1.54, 1.807) is 43.2 Å². The third-order valence-electron chi connectivity index (χ3n) is 5.18. The van der Waals surface area contributed by atoms with Gasteiger partial charge in [0.2, 0.25) is 10.0 Å². The maximum Gasteiger partial charge on any atom is 0.317 e. The van der Waals surface area contributed by atoms with Crippen LogP contribution in [0.25, 0.3) is 0 Å². The highest BCUT2D eigenvalue weighted by Crippen LogP contribution is 2.25. The van der Waals surface area contributed by atoms with E-state index in [2.05, 4.69) is 5.32 Å². The van der Waals surface area contributed by atoms with Gasteiger partial charge in [-0.1, -0.05) is 29.8 Å². The molecule has 0 atom stereocenters. The van der Waals surface area contributed by atoms with E-state index in [0.717, 1.165) is 11.1 Å². The van der Waals surface area contributed by atoms with Crippen LogP contribution in [0.3, 0.4) is 0 Å². The topological polar surface area (TPSA) is 88.2 Å². The van der Waals surface area contributed by atoms with Crippen molar-refractivity contribution in [1.29, 1.82) is 0 Å². The second kappa shape index (κ2) is 10.0. The Hall–Kier alpha value is -2.78. The molecule has 1 saturated heterocycles. The third kappa shape index (κ3) is 5.48. The SMILES string of the molecule is COc1ccccc1OCCNC(=O)N1CCN(S(=O)(=O)c2ccc(C)cc2C)CC1. The van der Waals surface area contributed by atoms with E-state index in [0.29, 0.717) is 42.6 Å². The van der Waals surface area contributed by atoms with Crippen LogP contribution in [0.1, 0.15) is 11.1 Å². The zero-order valence-electron chi connectivity index (χ0n) is 18.1. The first-order chi connectivity index (χ1) is 14.8. The van der Waals surface area contributed by atoms with E-state index in [1.165, 1.54) is 4.31 Å². The summed E-state index contributed by atoms with van der Waals surface area (Å²) in [5, 5.41) is 2.81. The number of benzene rings is 2. The summed E-state index contributed by atoms with van der Waals surface area (Å²) >= 11 is 0. The summed E-state index contributed by atoms with van der Waals surface area (Å²) in [5.41, 5.74) is 1.75. The summed E-state index contributed by atoms with van der Waals surface area (Å²) in [6.07, 6.45) is 0. The molecule has 0 aliphatic carbocycles. The molecule has 0 spiro atoms. The molecule has 2 aromatic rings. The van der Waals surface area contributed by atoms with Crippen molar-refractivity contribution in [2.24, 2.45) is 0 Å². The predicted octanol–water partition coefficient (Wildman–Crippen LogP) is 2.41. The van der Waals surface area contributed by atoms with E-state index in [9.17, 15) is 13.2 Å². The second-order valence-electron chi connectivity index (χ2n) is 7.39. The van der Waals surface area contributed by atoms with Crippen molar-refractivity contribution < 1.29 is 22.7 Å². The van der Waals surface area contributed by atoms with Crippen LogP contribution in [0.15, 0.2) is 47.4 Å². The predicted molar refractivity (Wildman–Crippen MR) is 118 cm³/mol. The molecule has 3 rings (SSSR count). The van der Waals surface area contributed by atoms with Crippen LogP contribution in [0.4, 0.5) is 4.79 Å². The molecule has 1 aliphatic heterocycles. The van der Waals surface area contributed by atoms with Crippen LogP contribution in [0.2, 0.25) is 0 Å². The monoisotopic (exact) mass is 447 g/mol. The Morgan fingerprint density at radius 2 is 1.71 bits per heavy atom. The van der Waals surface area contributed by atoms with Crippen molar-refractivity contribution in [3.8, 4) is 11.5 Å². The normalized spacial score (nSPS) is 14.9. The van der Waals surface area contributed by atoms with E-state index in [4.69, 9.17) is 9.47 Å². The Labute approximate surface area is 183 Å². The average molecular weight is 448 g/mol. The quantitative estimate of drug-likeness (QED) is 0.659. The van der Waals surface area contributed by atoms with Crippen molar-refractivity contribution in [3.05, 3.63) is 53.6 Å². The molecule has 0 bridgehead atoms. The van der Waals surface area contributed by atoms with Crippen LogP contribution >= 0.6 is 0 Å². The number of aryl methyl sites for hydroxylation is 2. The zero-order chi connectivity index (χ0) is 22.4. The Morgan fingerprint density at radius 1 is 1.03 bits per heavy atom. The number of methoxy groups -OCH3 is 1. The highest BCUT2D eigenvalue weighted by atomic mass is 32.2. The number of sulfonamides is 1. The summed E-state index contributed by atoms with van der Waals surface area (Å²) in [6.45, 7) is 5.57. The van der Waals surface area contributed by atoms with Crippen LogP contribution in [0.5, 0.6) is 11.5 Å². The summed E-state index contributed by atoms with van der Waals surface area (Å²) in [7, 11) is -2.00. The van der Waals surface area contributed by atoms with E-state index >= 15 is 0 Å². The summed E-state index contributed by atoms with van der Waals surface area (Å²) in [6, 6.07) is 12.4. The minimum Gasteiger partial charge on any atom is -0.493 e. The molecule has 1 N–H and O–H groups in total. The van der Waals surface area contributed by atoms with Gasteiger partial charge in [0, 0.05) is 26.2 Å². The number of nitrogens with one attached hydrogen (secondary N) is 1. The Kier molecular flexibility index (Phi) is 7.40. The fourth-order valence-corrected chi connectivity index (χ4v) is 5.16. The van der Waals surface area contributed by atoms with Crippen LogP contribution in [-0.2, 0) is 10.0 Å². The molecular weight excluding hydrogens is 418 g/mol. The van der Waals surface area contributed by atoms with E-state index in [-0.39, 0.29) is 19.1 Å². The summed E-state index contributed by atoms with van der Waals surface area (Å²) < 4.78 is 38.3. The van der Waals surface area contributed by atoms with Crippen LogP contribution in [-0.4, -0.2) is 70.1 Å². The number of carbonyl (C=O) groups excluding carboxylic acids is 1. The molecule has 2 aromatic carbocycles. The molecule has 0 aromatic heterocycles. The van der Waals surface area contributed by atoms with Gasteiger partial charge in [0.1, 0.15) is 6.61 Å². The number of ether oxygens (including phenoxy) is 2. The van der Waals surface area contributed by atoms with Crippen molar-refractivity contribution in [2.45, 2.75) is 18.7 Å². The first kappa shape index (κ1) is 22.9. The lowest BCUT2D eigenvalue weighted by Gasteiger charge is -2.34. The van der Waals surface area contributed by atoms with Gasteiger partial charge in [-0.3, -0.25) is 0 Å². The van der Waals surface area contributed by atoms with E-state index in [1.807, 2.05) is 25.1 Å². The van der Waals surface area contributed by atoms with Gasteiger partial charge >= 0.3 is 6.03 Å². The molecule has 1 fully saturated rings. The number of carbonyl (C=O) groups is 1. The third-order valence-corrected chi connectivity index (χ3v) is 7.24. The Morgan fingerprint density at radius 3 is 2.35 bits per heavy atom. The van der Waals surface area contributed by atoms with Crippen molar-refractivity contribution >= 4 is 16.1 Å². The maximum absolute atomic E-state index is 13.0. The van der Waals surface area contributed by atoms with Crippen molar-refractivity contribution in [2.75, 3.05) is 46.4 Å². The number of nitrogens with zero attached hydrogens (tertiary/aromatic N) is 2. The lowest BCUT2D eigenvalue weighted by atomic mass is 10.2. The lowest BCUT2D eigenvalue weighted by molar-refractivity contribution is 0.170. The number of amides is 2. The Balaban J connectivity index is 1.47. The van der Waals surface area contributed by atoms with Gasteiger partial charge in [0.05, 0.1) is 18.6 Å². The molecular formula is C22H29N3O5S. The first-order valence-electron chi connectivity index (χ1n) is 10.2. The minimum atomic E-state index is -3.57. The van der Waals surface area contributed by atoms with Gasteiger partial charge in [-0.2, -0.15) is 4.31 Å². The van der Waals surface area contributed by atoms with Crippen LogP contribution in [0, 0.1) is 13.8 Å². The molecule has 8 nitrogen and oxygen atoms in total. The smallest absolute Gasteiger partial charge is 0.317 e. The van der Waals surface area contributed by atoms with Crippen molar-refractivity contribution in [1.82, 2.24) is 14.5 Å². The molecule has 0 unspecified atom stereocenters. The number of hydrogen-bond donors (Lipinski definition) is 1. The van der Waals surface area contributed by atoms with Gasteiger partial charge < -0.3 is 19.7 Å². The number of urea groups is 1. The number of para-hydroxylation sites is 2.